The third kappa shape index (κ3) is 3.39. The summed E-state index contributed by atoms with van der Waals surface area (Å²) in [5.41, 5.74) is 8.37. The Labute approximate surface area is 154 Å². The highest BCUT2D eigenvalue weighted by Crippen LogP contribution is 2.30. The highest BCUT2D eigenvalue weighted by molar-refractivity contribution is 7.89. The first-order chi connectivity index (χ1) is 12.1. The summed E-state index contributed by atoms with van der Waals surface area (Å²) in [7, 11) is -3.83. The zero-order chi connectivity index (χ0) is 19.1. The second-order valence-corrected chi connectivity index (χ2v) is 9.61. The van der Waals surface area contributed by atoms with E-state index in [1.165, 1.54) is 4.31 Å². The predicted octanol–water partition coefficient (Wildman–Crippen LogP) is 2.59. The van der Waals surface area contributed by atoms with E-state index in [0.29, 0.717) is 6.42 Å². The lowest BCUT2D eigenvalue weighted by atomic mass is 9.87. The van der Waals surface area contributed by atoms with Crippen molar-refractivity contribution >= 4 is 15.9 Å². The Balaban J connectivity index is 2.01. The average Bonchev–Trinajstić information content (AvgIpc) is 2.60. The normalized spacial score (nSPS) is 18.3. The molecule has 0 radical (unpaired) electrons. The maximum atomic E-state index is 13.2. The molecule has 138 valence electrons. The summed E-state index contributed by atoms with van der Waals surface area (Å²) in [6.07, 6.45) is 0.296. The highest BCUT2D eigenvalue weighted by Gasteiger charge is 2.38. The third-order valence-corrected chi connectivity index (χ3v) is 6.73. The second-order valence-electron chi connectivity index (χ2n) is 7.72. The maximum Gasteiger partial charge on any atom is 0.244 e. The topological polar surface area (TPSA) is 80.5 Å². The van der Waals surface area contributed by atoms with Crippen LogP contribution in [-0.4, -0.2) is 24.7 Å². The van der Waals surface area contributed by atoms with E-state index < -0.39 is 22.0 Å². The van der Waals surface area contributed by atoms with Gasteiger partial charge < -0.3 is 5.73 Å². The molecule has 26 heavy (non-hydrogen) atoms. The Morgan fingerprint density at radius 2 is 1.62 bits per heavy atom. The van der Waals surface area contributed by atoms with Crippen LogP contribution in [0.15, 0.2) is 53.4 Å². The van der Waals surface area contributed by atoms with Crippen molar-refractivity contribution in [3.8, 4) is 0 Å². The largest absolute Gasteiger partial charge is 0.368 e. The molecular weight excluding hydrogens is 348 g/mol. The number of carbonyl (C=O) groups is 1. The minimum absolute atomic E-state index is 0.0673. The Morgan fingerprint density at radius 1 is 1.04 bits per heavy atom. The molecule has 1 atom stereocenters. The summed E-state index contributed by atoms with van der Waals surface area (Å²) in [5.74, 6) is -0.630. The summed E-state index contributed by atoms with van der Waals surface area (Å²) < 4.78 is 27.6. The average molecular weight is 372 g/mol. The SMILES string of the molecule is CC(C)(C)c1ccc(S(=O)(=O)N2Cc3ccccc3C[C@H]2C(N)=O)cc1. The van der Waals surface area contributed by atoms with Gasteiger partial charge in [-0.05, 0) is 40.7 Å². The molecule has 1 amide bonds. The van der Waals surface area contributed by atoms with Gasteiger partial charge in [0, 0.05) is 6.54 Å². The van der Waals surface area contributed by atoms with Crippen molar-refractivity contribution in [3.63, 3.8) is 0 Å². The van der Waals surface area contributed by atoms with Crippen molar-refractivity contribution in [1.29, 1.82) is 0 Å². The van der Waals surface area contributed by atoms with Crippen molar-refractivity contribution in [2.24, 2.45) is 5.73 Å². The van der Waals surface area contributed by atoms with Crippen molar-refractivity contribution < 1.29 is 13.2 Å². The van der Waals surface area contributed by atoms with E-state index in [4.69, 9.17) is 5.73 Å². The Bertz CT molecular complexity index is 928. The lowest BCUT2D eigenvalue weighted by molar-refractivity contribution is -0.122. The van der Waals surface area contributed by atoms with Gasteiger partial charge in [0.2, 0.25) is 15.9 Å². The molecule has 0 bridgehead atoms. The van der Waals surface area contributed by atoms with Gasteiger partial charge in [-0.15, -0.1) is 0 Å². The number of fused-ring (bicyclic) bond motifs is 1. The monoisotopic (exact) mass is 372 g/mol. The number of amides is 1. The number of sulfonamides is 1. The zero-order valence-corrected chi connectivity index (χ0v) is 16.1. The molecule has 0 saturated heterocycles. The molecule has 2 aromatic rings. The maximum absolute atomic E-state index is 13.2. The molecule has 0 saturated carbocycles. The van der Waals surface area contributed by atoms with Crippen LogP contribution in [0.25, 0.3) is 0 Å². The quantitative estimate of drug-likeness (QED) is 0.899. The molecule has 2 N–H and O–H groups in total. The van der Waals surface area contributed by atoms with Crippen LogP contribution in [-0.2, 0) is 33.2 Å². The first-order valence-corrected chi connectivity index (χ1v) is 10.0. The molecule has 5 nitrogen and oxygen atoms in total. The van der Waals surface area contributed by atoms with Gasteiger partial charge in [0.15, 0.2) is 0 Å². The van der Waals surface area contributed by atoms with E-state index in [1.54, 1.807) is 12.1 Å². The zero-order valence-electron chi connectivity index (χ0n) is 15.3. The van der Waals surface area contributed by atoms with E-state index in [2.05, 4.69) is 20.8 Å². The third-order valence-electron chi connectivity index (χ3n) is 4.86. The molecule has 1 heterocycles. The van der Waals surface area contributed by atoms with E-state index in [9.17, 15) is 13.2 Å². The van der Waals surface area contributed by atoms with Crippen molar-refractivity contribution in [3.05, 3.63) is 65.2 Å². The predicted molar refractivity (Wildman–Crippen MR) is 101 cm³/mol. The molecule has 3 rings (SSSR count). The van der Waals surface area contributed by atoms with E-state index in [1.807, 2.05) is 36.4 Å². The standard InChI is InChI=1S/C20H24N2O3S/c1-20(2,3)16-8-10-17(11-9-16)26(24,25)22-13-15-7-5-4-6-14(15)12-18(22)19(21)23/h4-11,18H,12-13H2,1-3H3,(H2,21,23)/t18-/m0/s1. The lowest BCUT2D eigenvalue weighted by Gasteiger charge is -2.34. The minimum atomic E-state index is -3.83. The molecule has 2 aromatic carbocycles. The van der Waals surface area contributed by atoms with Gasteiger partial charge in [0.1, 0.15) is 6.04 Å². The van der Waals surface area contributed by atoms with Crippen LogP contribution in [0.4, 0.5) is 0 Å². The Morgan fingerprint density at radius 3 is 2.15 bits per heavy atom. The smallest absolute Gasteiger partial charge is 0.244 e. The van der Waals surface area contributed by atoms with Crippen LogP contribution in [0.5, 0.6) is 0 Å². The lowest BCUT2D eigenvalue weighted by Crippen LogP contribution is -2.51. The Hall–Kier alpha value is -2.18. The first kappa shape index (κ1) is 18.6. The van der Waals surface area contributed by atoms with Gasteiger partial charge in [-0.2, -0.15) is 4.31 Å². The summed E-state index contributed by atoms with van der Waals surface area (Å²) in [5, 5.41) is 0. The van der Waals surface area contributed by atoms with Crippen LogP contribution in [0.2, 0.25) is 0 Å². The fourth-order valence-corrected chi connectivity index (χ4v) is 4.83. The number of benzene rings is 2. The van der Waals surface area contributed by atoms with Crippen LogP contribution in [0, 0.1) is 0 Å². The van der Waals surface area contributed by atoms with Gasteiger partial charge in [-0.25, -0.2) is 8.42 Å². The summed E-state index contributed by atoms with van der Waals surface area (Å²) in [6.45, 7) is 6.36. The number of nitrogens with zero attached hydrogens (tertiary/aromatic N) is 1. The van der Waals surface area contributed by atoms with E-state index >= 15 is 0 Å². The van der Waals surface area contributed by atoms with Crippen molar-refractivity contribution in [2.75, 3.05) is 0 Å². The second kappa shape index (κ2) is 6.52. The van der Waals surface area contributed by atoms with Crippen molar-refractivity contribution in [1.82, 2.24) is 4.31 Å². The molecule has 0 spiro atoms. The summed E-state index contributed by atoms with van der Waals surface area (Å²) >= 11 is 0. The highest BCUT2D eigenvalue weighted by atomic mass is 32.2. The van der Waals surface area contributed by atoms with Gasteiger partial charge in [-0.1, -0.05) is 57.2 Å². The first-order valence-electron chi connectivity index (χ1n) is 8.59. The number of primary amides is 1. The van der Waals surface area contributed by atoms with Gasteiger partial charge in [0.05, 0.1) is 4.90 Å². The fraction of sp³-hybridized carbons (Fsp3) is 0.350. The van der Waals surface area contributed by atoms with Gasteiger partial charge >= 0.3 is 0 Å². The molecule has 0 aliphatic carbocycles. The number of nitrogens with two attached hydrogens (primary N) is 1. The molecule has 6 heteroatoms. The van der Waals surface area contributed by atoms with E-state index in [-0.39, 0.29) is 16.9 Å². The molecule has 0 aromatic heterocycles. The van der Waals surface area contributed by atoms with Crippen LogP contribution in [0.1, 0.15) is 37.5 Å². The number of rotatable bonds is 3. The number of carbonyl (C=O) groups excluding carboxylic acids is 1. The van der Waals surface area contributed by atoms with Crippen LogP contribution >= 0.6 is 0 Å². The van der Waals surface area contributed by atoms with Gasteiger partial charge in [0.25, 0.3) is 0 Å². The molecule has 0 fully saturated rings. The number of hydrogen-bond donors (Lipinski definition) is 1. The summed E-state index contributed by atoms with van der Waals surface area (Å²) in [4.78, 5) is 12.1. The minimum Gasteiger partial charge on any atom is -0.368 e. The molecular formula is C20H24N2O3S. The van der Waals surface area contributed by atoms with Crippen LogP contribution < -0.4 is 5.73 Å². The van der Waals surface area contributed by atoms with Crippen LogP contribution in [0.3, 0.4) is 0 Å². The molecule has 1 aliphatic rings. The molecule has 0 unspecified atom stereocenters. The molecule has 1 aliphatic heterocycles. The number of hydrogen-bond acceptors (Lipinski definition) is 3. The van der Waals surface area contributed by atoms with E-state index in [0.717, 1.165) is 16.7 Å². The van der Waals surface area contributed by atoms with Crippen molar-refractivity contribution in [2.45, 2.75) is 50.1 Å². The Kier molecular flexibility index (Phi) is 4.67. The fourth-order valence-electron chi connectivity index (χ4n) is 3.26. The summed E-state index contributed by atoms with van der Waals surface area (Å²) in [6, 6.07) is 13.5. The van der Waals surface area contributed by atoms with Gasteiger partial charge in [-0.3, -0.25) is 4.79 Å².